The fourth-order valence-electron chi connectivity index (χ4n) is 4.71. The van der Waals surface area contributed by atoms with Crippen molar-refractivity contribution in [2.45, 2.75) is 64.8 Å². The van der Waals surface area contributed by atoms with E-state index in [2.05, 4.69) is 87.2 Å². The molecule has 0 spiro atoms. The van der Waals surface area contributed by atoms with Crippen molar-refractivity contribution in [2.24, 2.45) is 22.7 Å². The lowest BCUT2D eigenvalue weighted by Crippen LogP contribution is -2.25. The molecule has 1 nitrogen and oxygen atoms in total. The fourth-order valence-corrected chi connectivity index (χ4v) is 4.71. The third-order valence-corrected chi connectivity index (χ3v) is 6.69. The molecule has 0 radical (unpaired) electrons. The van der Waals surface area contributed by atoms with Crippen LogP contribution >= 0.6 is 0 Å². The zero-order chi connectivity index (χ0) is 20.5. The van der Waals surface area contributed by atoms with Crippen LogP contribution in [0, 0.1) is 17.8 Å². The standard InChI is InChI=1S/C28H37N/c1-4-22(2)27-21-26(18-12-11-15-24-13-7-5-8-14-24)29-28(20-19-23(27)3)25-16-9-6-10-17-25/h4-10,13-14,16-17,22-23,27-28H,1,11-12,15,18-21H2,2-3H3/t22-,23?,27?,28-/m1/s1. The molecule has 1 heteroatoms. The lowest BCUT2D eigenvalue weighted by atomic mass is 9.75. The first-order valence-corrected chi connectivity index (χ1v) is 11.4. The molecular formula is C28H37N. The van der Waals surface area contributed by atoms with E-state index in [1.807, 2.05) is 0 Å². The number of hydrogen-bond acceptors (Lipinski definition) is 1. The molecule has 0 saturated heterocycles. The molecule has 0 bridgehead atoms. The third-order valence-electron chi connectivity index (χ3n) is 6.69. The molecule has 154 valence electrons. The topological polar surface area (TPSA) is 12.4 Å². The molecule has 2 aromatic carbocycles. The lowest BCUT2D eigenvalue weighted by Gasteiger charge is -2.32. The van der Waals surface area contributed by atoms with Crippen LogP contribution in [-0.2, 0) is 6.42 Å². The van der Waals surface area contributed by atoms with E-state index in [1.165, 1.54) is 42.5 Å². The summed E-state index contributed by atoms with van der Waals surface area (Å²) < 4.78 is 0. The van der Waals surface area contributed by atoms with Gasteiger partial charge in [0.25, 0.3) is 0 Å². The number of aliphatic imine (C=N–C) groups is 1. The first-order valence-electron chi connectivity index (χ1n) is 11.4. The summed E-state index contributed by atoms with van der Waals surface area (Å²) in [6.07, 6.45) is 10.4. The van der Waals surface area contributed by atoms with Gasteiger partial charge in [-0.2, -0.15) is 0 Å². The van der Waals surface area contributed by atoms with E-state index in [4.69, 9.17) is 4.99 Å². The summed E-state index contributed by atoms with van der Waals surface area (Å²) in [5, 5.41) is 0. The highest BCUT2D eigenvalue weighted by atomic mass is 14.8. The van der Waals surface area contributed by atoms with E-state index in [-0.39, 0.29) is 0 Å². The van der Waals surface area contributed by atoms with E-state index < -0.39 is 0 Å². The molecular weight excluding hydrogens is 350 g/mol. The van der Waals surface area contributed by atoms with Crippen LogP contribution in [0.5, 0.6) is 0 Å². The number of hydrogen-bond donors (Lipinski definition) is 0. The molecule has 0 fully saturated rings. The molecule has 0 amide bonds. The van der Waals surface area contributed by atoms with Crippen molar-refractivity contribution in [1.29, 1.82) is 0 Å². The van der Waals surface area contributed by atoms with Gasteiger partial charge in [-0.05, 0) is 73.8 Å². The van der Waals surface area contributed by atoms with Crippen molar-refractivity contribution in [3.8, 4) is 0 Å². The molecule has 0 N–H and O–H groups in total. The van der Waals surface area contributed by atoms with Gasteiger partial charge >= 0.3 is 0 Å². The molecule has 4 atom stereocenters. The van der Waals surface area contributed by atoms with Gasteiger partial charge in [0.1, 0.15) is 0 Å². The Hall–Kier alpha value is -2.15. The zero-order valence-corrected chi connectivity index (χ0v) is 18.3. The van der Waals surface area contributed by atoms with Crippen molar-refractivity contribution >= 4 is 5.71 Å². The SMILES string of the molecule is C=C[C@@H](C)C1CC(CCCCc2ccccc2)=N[C@@H](c2ccccc2)CCC1C. The highest BCUT2D eigenvalue weighted by molar-refractivity contribution is 5.85. The molecule has 0 aromatic heterocycles. The van der Waals surface area contributed by atoms with Gasteiger partial charge in [0.15, 0.2) is 0 Å². The first kappa shape index (κ1) is 21.6. The number of rotatable bonds is 8. The number of allylic oxidation sites excluding steroid dienone is 1. The number of nitrogens with zero attached hydrogens (tertiary/aromatic N) is 1. The molecule has 1 heterocycles. The second kappa shape index (κ2) is 11.1. The maximum atomic E-state index is 5.33. The Kier molecular flexibility index (Phi) is 8.28. The summed E-state index contributed by atoms with van der Waals surface area (Å²) in [6.45, 7) is 8.85. The van der Waals surface area contributed by atoms with Crippen LogP contribution in [0.2, 0.25) is 0 Å². The largest absolute Gasteiger partial charge is 0.286 e. The Morgan fingerprint density at radius 2 is 1.62 bits per heavy atom. The first-order chi connectivity index (χ1) is 14.2. The molecule has 1 aliphatic rings. The minimum absolute atomic E-state index is 0.322. The normalized spacial score (nSPS) is 23.5. The maximum absolute atomic E-state index is 5.33. The van der Waals surface area contributed by atoms with Gasteiger partial charge in [-0.1, -0.05) is 80.6 Å². The Balaban J connectivity index is 1.71. The summed E-state index contributed by atoms with van der Waals surface area (Å²) in [5.74, 6) is 1.92. The maximum Gasteiger partial charge on any atom is 0.0748 e. The summed E-state index contributed by atoms with van der Waals surface area (Å²) in [6, 6.07) is 22.1. The van der Waals surface area contributed by atoms with Crippen molar-refractivity contribution in [1.82, 2.24) is 0 Å². The Morgan fingerprint density at radius 1 is 0.966 bits per heavy atom. The second-order valence-corrected chi connectivity index (χ2v) is 8.83. The van der Waals surface area contributed by atoms with Gasteiger partial charge in [-0.3, -0.25) is 4.99 Å². The molecule has 29 heavy (non-hydrogen) atoms. The monoisotopic (exact) mass is 387 g/mol. The number of benzene rings is 2. The van der Waals surface area contributed by atoms with Crippen molar-refractivity contribution in [2.75, 3.05) is 0 Å². The second-order valence-electron chi connectivity index (χ2n) is 8.83. The lowest BCUT2D eigenvalue weighted by molar-refractivity contribution is 0.269. The summed E-state index contributed by atoms with van der Waals surface area (Å²) in [5.41, 5.74) is 4.25. The number of aryl methyl sites for hydroxylation is 1. The fraction of sp³-hybridized carbons (Fsp3) is 0.464. The molecule has 2 aromatic rings. The quantitative estimate of drug-likeness (QED) is 0.323. The van der Waals surface area contributed by atoms with Crippen LogP contribution < -0.4 is 0 Å². The van der Waals surface area contributed by atoms with E-state index in [0.29, 0.717) is 23.8 Å². The Labute approximate surface area is 178 Å². The van der Waals surface area contributed by atoms with Crippen LogP contribution in [0.15, 0.2) is 78.3 Å². The predicted molar refractivity (Wildman–Crippen MR) is 126 cm³/mol. The van der Waals surface area contributed by atoms with Gasteiger partial charge in [0, 0.05) is 5.71 Å². The molecule has 1 aliphatic heterocycles. The average molecular weight is 388 g/mol. The molecule has 0 saturated carbocycles. The highest BCUT2D eigenvalue weighted by Crippen LogP contribution is 2.36. The third kappa shape index (κ3) is 6.42. The van der Waals surface area contributed by atoms with Crippen molar-refractivity contribution < 1.29 is 0 Å². The van der Waals surface area contributed by atoms with Gasteiger partial charge in [-0.15, -0.1) is 6.58 Å². The number of unbranched alkanes of at least 4 members (excludes halogenated alkanes) is 1. The zero-order valence-electron chi connectivity index (χ0n) is 18.3. The minimum atomic E-state index is 0.322. The predicted octanol–water partition coefficient (Wildman–Crippen LogP) is 7.84. The summed E-state index contributed by atoms with van der Waals surface area (Å²) >= 11 is 0. The van der Waals surface area contributed by atoms with Crippen LogP contribution in [0.25, 0.3) is 0 Å². The highest BCUT2D eigenvalue weighted by Gasteiger charge is 2.27. The van der Waals surface area contributed by atoms with E-state index in [9.17, 15) is 0 Å². The van der Waals surface area contributed by atoms with Crippen LogP contribution in [-0.4, -0.2) is 5.71 Å². The van der Waals surface area contributed by atoms with E-state index in [0.717, 1.165) is 19.3 Å². The molecule has 3 rings (SSSR count). The summed E-state index contributed by atoms with van der Waals surface area (Å²) in [4.78, 5) is 5.33. The van der Waals surface area contributed by atoms with Crippen molar-refractivity contribution in [3.05, 3.63) is 84.4 Å². The molecule has 0 aliphatic carbocycles. The van der Waals surface area contributed by atoms with E-state index in [1.54, 1.807) is 0 Å². The van der Waals surface area contributed by atoms with Gasteiger partial charge in [0.2, 0.25) is 0 Å². The van der Waals surface area contributed by atoms with Gasteiger partial charge < -0.3 is 0 Å². The Morgan fingerprint density at radius 3 is 2.31 bits per heavy atom. The summed E-state index contributed by atoms with van der Waals surface area (Å²) in [7, 11) is 0. The van der Waals surface area contributed by atoms with Crippen LogP contribution in [0.4, 0.5) is 0 Å². The average Bonchev–Trinajstić information content (AvgIpc) is 2.76. The minimum Gasteiger partial charge on any atom is -0.286 e. The van der Waals surface area contributed by atoms with Crippen LogP contribution in [0.1, 0.15) is 69.5 Å². The van der Waals surface area contributed by atoms with Crippen LogP contribution in [0.3, 0.4) is 0 Å². The smallest absolute Gasteiger partial charge is 0.0748 e. The Bertz CT molecular complexity index is 761. The van der Waals surface area contributed by atoms with Gasteiger partial charge in [0.05, 0.1) is 6.04 Å². The molecule has 2 unspecified atom stereocenters. The van der Waals surface area contributed by atoms with Gasteiger partial charge in [-0.25, -0.2) is 0 Å². The van der Waals surface area contributed by atoms with Crippen molar-refractivity contribution in [3.63, 3.8) is 0 Å². The van der Waals surface area contributed by atoms with E-state index >= 15 is 0 Å².